The van der Waals surface area contributed by atoms with Crippen LogP contribution >= 0.6 is 23.2 Å². The van der Waals surface area contributed by atoms with Crippen molar-refractivity contribution in [2.75, 3.05) is 26.3 Å². The summed E-state index contributed by atoms with van der Waals surface area (Å²) in [5, 5.41) is 10.7. The van der Waals surface area contributed by atoms with E-state index in [4.69, 9.17) is 27.9 Å². The molecular formula is C19H20Cl2N2O2. The second-order valence-electron chi connectivity index (χ2n) is 5.95. The third-order valence-corrected chi connectivity index (χ3v) is 4.67. The van der Waals surface area contributed by atoms with E-state index in [0.29, 0.717) is 17.1 Å². The molecule has 0 spiro atoms. The molecule has 0 bridgehead atoms. The van der Waals surface area contributed by atoms with Gasteiger partial charge in [0.25, 0.3) is 0 Å². The highest BCUT2D eigenvalue weighted by molar-refractivity contribution is 6.36. The van der Waals surface area contributed by atoms with Crippen molar-refractivity contribution in [3.8, 4) is 5.75 Å². The Labute approximate surface area is 157 Å². The number of aliphatic imine (C=N–C) groups is 1. The van der Waals surface area contributed by atoms with Gasteiger partial charge in [-0.15, -0.1) is 0 Å². The SMILES string of the molecule is Oc1c(Cl)cc(Cl)cc1C=NCc1ccccc1CN1CCOCC1. The Morgan fingerprint density at radius 3 is 2.60 bits per heavy atom. The highest BCUT2D eigenvalue weighted by atomic mass is 35.5. The van der Waals surface area contributed by atoms with E-state index in [-0.39, 0.29) is 10.8 Å². The summed E-state index contributed by atoms with van der Waals surface area (Å²) in [6, 6.07) is 11.4. The molecule has 0 atom stereocenters. The third kappa shape index (κ3) is 4.95. The first kappa shape index (κ1) is 18.2. The lowest BCUT2D eigenvalue weighted by molar-refractivity contribution is 0.0341. The largest absolute Gasteiger partial charge is 0.506 e. The van der Waals surface area contributed by atoms with Crippen LogP contribution in [0.2, 0.25) is 10.0 Å². The lowest BCUT2D eigenvalue weighted by atomic mass is 10.1. The number of phenolic OH excluding ortho intramolecular Hbond substituents is 1. The lowest BCUT2D eigenvalue weighted by Crippen LogP contribution is -2.35. The maximum Gasteiger partial charge on any atom is 0.143 e. The Bertz CT molecular complexity index is 759. The predicted octanol–water partition coefficient (Wildman–Crippen LogP) is 4.15. The van der Waals surface area contributed by atoms with Gasteiger partial charge in [-0.25, -0.2) is 0 Å². The molecule has 2 aromatic carbocycles. The van der Waals surface area contributed by atoms with Crippen molar-refractivity contribution < 1.29 is 9.84 Å². The van der Waals surface area contributed by atoms with E-state index in [1.165, 1.54) is 11.6 Å². The van der Waals surface area contributed by atoms with Gasteiger partial charge in [0.2, 0.25) is 0 Å². The Balaban J connectivity index is 1.71. The van der Waals surface area contributed by atoms with Gasteiger partial charge in [-0.2, -0.15) is 0 Å². The highest BCUT2D eigenvalue weighted by Gasteiger charge is 2.12. The summed E-state index contributed by atoms with van der Waals surface area (Å²) in [6.07, 6.45) is 1.61. The number of nitrogens with zero attached hydrogens (tertiary/aromatic N) is 2. The molecule has 1 fully saturated rings. The first-order valence-corrected chi connectivity index (χ1v) is 8.94. The predicted molar refractivity (Wildman–Crippen MR) is 102 cm³/mol. The first-order valence-electron chi connectivity index (χ1n) is 8.18. The fraction of sp³-hybridized carbons (Fsp3) is 0.316. The van der Waals surface area contributed by atoms with Crippen molar-refractivity contribution in [2.24, 2.45) is 4.99 Å². The zero-order valence-electron chi connectivity index (χ0n) is 13.8. The number of aromatic hydroxyl groups is 1. The molecule has 0 aromatic heterocycles. The van der Waals surface area contributed by atoms with Crippen molar-refractivity contribution in [1.29, 1.82) is 0 Å². The molecule has 132 valence electrons. The van der Waals surface area contributed by atoms with E-state index >= 15 is 0 Å². The molecule has 25 heavy (non-hydrogen) atoms. The molecule has 1 heterocycles. The maximum atomic E-state index is 9.99. The van der Waals surface area contributed by atoms with Crippen LogP contribution in [0, 0.1) is 0 Å². The quantitative estimate of drug-likeness (QED) is 0.794. The highest BCUT2D eigenvalue weighted by Crippen LogP contribution is 2.30. The van der Waals surface area contributed by atoms with Crippen LogP contribution in [0.4, 0.5) is 0 Å². The van der Waals surface area contributed by atoms with E-state index < -0.39 is 0 Å². The van der Waals surface area contributed by atoms with Crippen molar-refractivity contribution in [3.05, 3.63) is 63.1 Å². The van der Waals surface area contributed by atoms with Crippen molar-refractivity contribution in [3.63, 3.8) is 0 Å². The molecule has 0 unspecified atom stereocenters. The van der Waals surface area contributed by atoms with Crippen molar-refractivity contribution >= 4 is 29.4 Å². The van der Waals surface area contributed by atoms with Crippen LogP contribution in [0.25, 0.3) is 0 Å². The molecule has 3 rings (SSSR count). The van der Waals surface area contributed by atoms with Gasteiger partial charge >= 0.3 is 0 Å². The molecule has 1 N–H and O–H groups in total. The molecule has 1 saturated heterocycles. The summed E-state index contributed by atoms with van der Waals surface area (Å²) >= 11 is 11.9. The summed E-state index contributed by atoms with van der Waals surface area (Å²) in [5.74, 6) is -0.00332. The van der Waals surface area contributed by atoms with Gasteiger partial charge in [-0.3, -0.25) is 9.89 Å². The average Bonchev–Trinajstić information content (AvgIpc) is 2.61. The maximum absolute atomic E-state index is 9.99. The summed E-state index contributed by atoms with van der Waals surface area (Å²) in [7, 11) is 0. The molecular weight excluding hydrogens is 359 g/mol. The van der Waals surface area contributed by atoms with Crippen LogP contribution in [-0.4, -0.2) is 42.5 Å². The van der Waals surface area contributed by atoms with Crippen LogP contribution < -0.4 is 0 Å². The number of hydrogen-bond acceptors (Lipinski definition) is 4. The van der Waals surface area contributed by atoms with Crippen LogP contribution in [0.15, 0.2) is 41.4 Å². The molecule has 4 nitrogen and oxygen atoms in total. The topological polar surface area (TPSA) is 45.1 Å². The van der Waals surface area contributed by atoms with E-state index in [9.17, 15) is 5.11 Å². The molecule has 1 aliphatic rings. The molecule has 0 amide bonds. The Hall–Kier alpha value is -1.59. The molecule has 0 radical (unpaired) electrons. The third-order valence-electron chi connectivity index (χ3n) is 4.17. The zero-order valence-corrected chi connectivity index (χ0v) is 15.3. The van der Waals surface area contributed by atoms with Gasteiger partial charge in [0, 0.05) is 36.4 Å². The molecule has 6 heteroatoms. The number of rotatable bonds is 5. The van der Waals surface area contributed by atoms with E-state index in [1.54, 1.807) is 12.3 Å². The van der Waals surface area contributed by atoms with Gasteiger partial charge in [-0.05, 0) is 23.3 Å². The Kier molecular flexibility index (Phi) is 6.32. The monoisotopic (exact) mass is 378 g/mol. The fourth-order valence-electron chi connectivity index (χ4n) is 2.79. The van der Waals surface area contributed by atoms with E-state index in [2.05, 4.69) is 22.0 Å². The summed E-state index contributed by atoms with van der Waals surface area (Å²) in [5.41, 5.74) is 2.94. The van der Waals surface area contributed by atoms with Gasteiger partial charge in [0.1, 0.15) is 5.75 Å². The molecule has 0 aliphatic carbocycles. The minimum atomic E-state index is -0.00332. The normalized spacial score (nSPS) is 15.8. The second kappa shape index (κ2) is 8.68. The van der Waals surface area contributed by atoms with Gasteiger partial charge in [0.15, 0.2) is 0 Å². The van der Waals surface area contributed by atoms with Gasteiger partial charge in [0.05, 0.1) is 24.8 Å². The lowest BCUT2D eigenvalue weighted by Gasteiger charge is -2.27. The first-order chi connectivity index (χ1) is 12.1. The van der Waals surface area contributed by atoms with Crippen LogP contribution in [0.5, 0.6) is 5.75 Å². The molecule has 2 aromatic rings. The minimum absolute atomic E-state index is 0.00332. The van der Waals surface area contributed by atoms with Crippen LogP contribution in [0.1, 0.15) is 16.7 Å². The van der Waals surface area contributed by atoms with Crippen LogP contribution in [-0.2, 0) is 17.8 Å². The van der Waals surface area contributed by atoms with Crippen molar-refractivity contribution in [2.45, 2.75) is 13.1 Å². The van der Waals surface area contributed by atoms with Crippen LogP contribution in [0.3, 0.4) is 0 Å². The van der Waals surface area contributed by atoms with Gasteiger partial charge < -0.3 is 9.84 Å². The molecule has 0 saturated carbocycles. The van der Waals surface area contributed by atoms with Crippen molar-refractivity contribution in [1.82, 2.24) is 4.90 Å². The summed E-state index contributed by atoms with van der Waals surface area (Å²) < 4.78 is 5.40. The minimum Gasteiger partial charge on any atom is -0.506 e. The Morgan fingerprint density at radius 1 is 1.12 bits per heavy atom. The number of ether oxygens (including phenoxy) is 1. The summed E-state index contributed by atoms with van der Waals surface area (Å²) in [6.45, 7) is 4.90. The van der Waals surface area contributed by atoms with E-state index in [1.807, 2.05) is 12.1 Å². The number of phenols is 1. The number of morpholine rings is 1. The number of halogens is 2. The van der Waals surface area contributed by atoms with E-state index in [0.717, 1.165) is 38.4 Å². The standard InChI is InChI=1S/C19H20Cl2N2O2/c20-17-9-16(19(24)18(21)10-17)12-22-11-14-3-1-2-4-15(14)13-23-5-7-25-8-6-23/h1-4,9-10,12,24H,5-8,11,13H2. The zero-order chi connectivity index (χ0) is 17.6. The Morgan fingerprint density at radius 2 is 1.84 bits per heavy atom. The average molecular weight is 379 g/mol. The second-order valence-corrected chi connectivity index (χ2v) is 6.80. The summed E-state index contributed by atoms with van der Waals surface area (Å²) in [4.78, 5) is 6.85. The smallest absolute Gasteiger partial charge is 0.143 e. The number of benzene rings is 2. The van der Waals surface area contributed by atoms with Gasteiger partial charge in [-0.1, -0.05) is 47.5 Å². The fourth-order valence-corrected chi connectivity index (χ4v) is 3.30. The number of hydrogen-bond donors (Lipinski definition) is 1. The molecule has 1 aliphatic heterocycles.